The molecule has 2 aliphatic rings. The summed E-state index contributed by atoms with van der Waals surface area (Å²) >= 11 is 0. The maximum atomic E-state index is 14.5. The van der Waals surface area contributed by atoms with Gasteiger partial charge in [-0.1, -0.05) is 6.42 Å². The fourth-order valence-electron chi connectivity index (χ4n) is 4.31. The molecule has 2 aliphatic heterocycles. The molecule has 178 valence electrons. The zero-order chi connectivity index (χ0) is 23.8. The number of carbonyl (C=O) groups is 3. The van der Waals surface area contributed by atoms with E-state index in [1.807, 2.05) is 0 Å². The van der Waals surface area contributed by atoms with Crippen LogP contribution in [-0.2, 0) is 19.7 Å². The van der Waals surface area contributed by atoms with Crippen molar-refractivity contribution in [3.05, 3.63) is 35.3 Å². The van der Waals surface area contributed by atoms with Gasteiger partial charge in [-0.3, -0.25) is 9.59 Å². The van der Waals surface area contributed by atoms with Crippen molar-refractivity contribution < 1.29 is 31.9 Å². The van der Waals surface area contributed by atoms with Crippen LogP contribution in [0.25, 0.3) is 10.9 Å². The number of piperidine rings is 1. The number of nitrogens with zero attached hydrogens (tertiary/aromatic N) is 3. The van der Waals surface area contributed by atoms with E-state index in [2.05, 4.69) is 9.72 Å². The molecule has 1 aromatic carbocycles. The summed E-state index contributed by atoms with van der Waals surface area (Å²) in [7, 11) is -2.42. The molecule has 33 heavy (non-hydrogen) atoms. The fourth-order valence-corrected chi connectivity index (χ4v) is 5.98. The van der Waals surface area contributed by atoms with Crippen LogP contribution in [0.4, 0.5) is 4.39 Å². The molecule has 0 saturated carbocycles. The lowest BCUT2D eigenvalue weighted by Gasteiger charge is -2.37. The molecular formula is C21H25FN4O6S. The highest BCUT2D eigenvalue weighted by molar-refractivity contribution is 7.86. The lowest BCUT2D eigenvalue weighted by atomic mass is 10.0. The fraction of sp³-hybridized carbons (Fsp3) is 0.476. The predicted molar refractivity (Wildman–Crippen MR) is 116 cm³/mol. The number of methoxy groups -OCH3 is 1. The first-order valence-corrected chi connectivity index (χ1v) is 12.1. The van der Waals surface area contributed by atoms with Gasteiger partial charge in [-0.2, -0.15) is 17.0 Å². The zero-order valence-corrected chi connectivity index (χ0v) is 19.0. The first-order valence-electron chi connectivity index (χ1n) is 10.7. The van der Waals surface area contributed by atoms with E-state index in [0.29, 0.717) is 13.1 Å². The number of Topliss-reactive ketones (excluding diaryl/α,β-unsaturated/α-hetero) is 1. The second-order valence-corrected chi connectivity index (χ2v) is 9.96. The van der Waals surface area contributed by atoms with E-state index in [1.54, 1.807) is 0 Å². The van der Waals surface area contributed by atoms with Gasteiger partial charge in [0.2, 0.25) is 0 Å². The number of esters is 1. The second-order valence-electron chi connectivity index (χ2n) is 8.03. The van der Waals surface area contributed by atoms with Gasteiger partial charge in [0.1, 0.15) is 5.82 Å². The monoisotopic (exact) mass is 480 g/mol. The van der Waals surface area contributed by atoms with Crippen LogP contribution >= 0.6 is 0 Å². The third-order valence-corrected chi connectivity index (χ3v) is 8.16. The molecule has 0 radical (unpaired) electrons. The summed E-state index contributed by atoms with van der Waals surface area (Å²) in [5, 5.41) is -0.164. The third-order valence-electron chi connectivity index (χ3n) is 6.12. The summed E-state index contributed by atoms with van der Waals surface area (Å²) in [6.07, 6.45) is 3.85. The lowest BCUT2D eigenvalue weighted by Crippen LogP contribution is -2.55. The maximum Gasteiger partial charge on any atom is 0.339 e. The van der Waals surface area contributed by atoms with E-state index in [1.165, 1.54) is 32.9 Å². The average Bonchev–Trinajstić information content (AvgIpc) is 3.29. The number of hydrogen-bond donors (Lipinski definition) is 1. The molecule has 3 heterocycles. The van der Waals surface area contributed by atoms with Gasteiger partial charge in [0, 0.05) is 50.9 Å². The first kappa shape index (κ1) is 23.3. The van der Waals surface area contributed by atoms with Gasteiger partial charge < -0.3 is 14.6 Å². The Morgan fingerprint density at radius 3 is 2.21 bits per heavy atom. The molecule has 0 aliphatic carbocycles. The summed E-state index contributed by atoms with van der Waals surface area (Å²) in [4.78, 5) is 41.7. The van der Waals surface area contributed by atoms with Crippen LogP contribution < -0.4 is 0 Å². The number of rotatable bonds is 5. The minimum atomic E-state index is -3.60. The third kappa shape index (κ3) is 4.25. The molecule has 1 N–H and O–H groups in total. The summed E-state index contributed by atoms with van der Waals surface area (Å²) in [6.45, 7) is 1.23. The van der Waals surface area contributed by atoms with Gasteiger partial charge in [-0.15, -0.1) is 0 Å². The Bertz CT molecular complexity index is 1200. The van der Waals surface area contributed by atoms with Crippen LogP contribution in [0.15, 0.2) is 18.3 Å². The van der Waals surface area contributed by atoms with Crippen LogP contribution in [-0.4, -0.2) is 91.0 Å². The summed E-state index contributed by atoms with van der Waals surface area (Å²) in [6, 6.07) is 2.27. The van der Waals surface area contributed by atoms with Crippen molar-refractivity contribution >= 4 is 38.8 Å². The van der Waals surface area contributed by atoms with Gasteiger partial charge in [-0.25, -0.2) is 9.18 Å². The van der Waals surface area contributed by atoms with Crippen LogP contribution in [0.1, 0.15) is 40.0 Å². The van der Waals surface area contributed by atoms with E-state index in [0.717, 1.165) is 25.3 Å². The molecule has 2 aromatic rings. The number of aromatic nitrogens is 1. The number of fused-ring (bicyclic) bond motifs is 1. The van der Waals surface area contributed by atoms with Crippen LogP contribution in [0, 0.1) is 5.82 Å². The van der Waals surface area contributed by atoms with E-state index >= 15 is 0 Å². The van der Waals surface area contributed by atoms with Crippen LogP contribution in [0.2, 0.25) is 0 Å². The number of carbonyl (C=O) groups excluding carboxylic acids is 3. The minimum Gasteiger partial charge on any atom is -0.465 e. The number of ether oxygens (including phenoxy) is 1. The largest absolute Gasteiger partial charge is 0.465 e. The van der Waals surface area contributed by atoms with Crippen molar-refractivity contribution in [3.8, 4) is 0 Å². The Hall–Kier alpha value is -2.83. The van der Waals surface area contributed by atoms with Gasteiger partial charge in [0.25, 0.3) is 21.9 Å². The number of piperazine rings is 1. The van der Waals surface area contributed by atoms with Crippen molar-refractivity contribution in [2.75, 3.05) is 46.4 Å². The van der Waals surface area contributed by atoms with Gasteiger partial charge in [-0.05, 0) is 25.0 Å². The molecule has 1 amide bonds. The smallest absolute Gasteiger partial charge is 0.339 e. The van der Waals surface area contributed by atoms with Crippen LogP contribution in [0.5, 0.6) is 0 Å². The second kappa shape index (κ2) is 9.20. The van der Waals surface area contributed by atoms with Crippen molar-refractivity contribution in [2.45, 2.75) is 19.3 Å². The number of amides is 1. The van der Waals surface area contributed by atoms with Crippen molar-refractivity contribution in [3.63, 3.8) is 0 Å². The van der Waals surface area contributed by atoms with Crippen molar-refractivity contribution in [1.82, 2.24) is 18.5 Å². The quantitative estimate of drug-likeness (QED) is 0.390. The van der Waals surface area contributed by atoms with E-state index in [4.69, 9.17) is 0 Å². The number of hydrogen-bond acceptors (Lipinski definition) is 6. The number of ketones is 1. The topological polar surface area (TPSA) is 120 Å². The molecule has 0 spiro atoms. The maximum absolute atomic E-state index is 14.5. The highest BCUT2D eigenvalue weighted by Gasteiger charge is 2.36. The Balaban J connectivity index is 1.49. The summed E-state index contributed by atoms with van der Waals surface area (Å²) in [5.41, 5.74) is -0.0889. The number of halogens is 1. The normalized spacial score (nSPS) is 18.4. The van der Waals surface area contributed by atoms with Gasteiger partial charge >= 0.3 is 5.97 Å². The van der Waals surface area contributed by atoms with Crippen LogP contribution in [0.3, 0.4) is 0 Å². The Morgan fingerprint density at radius 2 is 1.58 bits per heavy atom. The van der Waals surface area contributed by atoms with Gasteiger partial charge in [0.15, 0.2) is 0 Å². The molecule has 10 nitrogen and oxygen atoms in total. The number of H-pyrrole nitrogens is 1. The van der Waals surface area contributed by atoms with E-state index in [9.17, 15) is 27.2 Å². The molecule has 4 rings (SSSR count). The number of nitrogens with one attached hydrogen (secondary N) is 1. The highest BCUT2D eigenvalue weighted by Crippen LogP contribution is 2.27. The zero-order valence-electron chi connectivity index (χ0n) is 18.2. The summed E-state index contributed by atoms with van der Waals surface area (Å²) < 4.78 is 47.7. The average molecular weight is 481 g/mol. The van der Waals surface area contributed by atoms with Crippen molar-refractivity contribution in [2.24, 2.45) is 0 Å². The molecule has 0 unspecified atom stereocenters. The van der Waals surface area contributed by atoms with E-state index < -0.39 is 33.7 Å². The predicted octanol–water partition coefficient (Wildman–Crippen LogP) is 1.15. The highest BCUT2D eigenvalue weighted by atomic mass is 32.2. The Labute approximate surface area is 190 Å². The minimum absolute atomic E-state index is 0.0388. The molecule has 0 atom stereocenters. The summed E-state index contributed by atoms with van der Waals surface area (Å²) in [5.74, 6) is -3.26. The molecular weight excluding hydrogens is 455 g/mol. The lowest BCUT2D eigenvalue weighted by molar-refractivity contribution is -0.127. The van der Waals surface area contributed by atoms with E-state index in [-0.39, 0.29) is 48.2 Å². The SMILES string of the molecule is COC(=O)c1ccc(F)c2c(C(=O)C(=O)N3CCN(S(=O)(=O)N4CCCCC4)CC3)c[nH]c12. The number of benzene rings is 1. The Morgan fingerprint density at radius 1 is 0.939 bits per heavy atom. The molecule has 1 aromatic heterocycles. The molecule has 12 heteroatoms. The molecule has 2 saturated heterocycles. The molecule has 0 bridgehead atoms. The standard InChI is InChI=1S/C21H25FN4O6S/c1-32-21(29)14-5-6-16(22)17-15(13-23-18(14)17)19(27)20(28)24-9-11-26(12-10-24)33(30,31)25-7-3-2-4-8-25/h5-6,13,23H,2-4,7-12H2,1H3. The first-order chi connectivity index (χ1) is 15.8. The Kier molecular flexibility index (Phi) is 6.50. The van der Waals surface area contributed by atoms with Gasteiger partial charge in [0.05, 0.1) is 23.8 Å². The number of aromatic amines is 1. The molecule has 2 fully saturated rings. The van der Waals surface area contributed by atoms with Crippen molar-refractivity contribution in [1.29, 1.82) is 0 Å².